The highest BCUT2D eigenvalue weighted by Gasteiger charge is 2.25. The summed E-state index contributed by atoms with van der Waals surface area (Å²) in [6.45, 7) is 4.40. The molecule has 1 unspecified atom stereocenters. The molecule has 0 saturated carbocycles. The number of ether oxygens (including phenoxy) is 2. The van der Waals surface area contributed by atoms with Crippen molar-refractivity contribution in [2.45, 2.75) is 26.4 Å². The predicted molar refractivity (Wildman–Crippen MR) is 105 cm³/mol. The lowest BCUT2D eigenvalue weighted by Crippen LogP contribution is -2.44. The number of aromatic nitrogens is 3. The molecule has 1 atom stereocenters. The molecule has 0 radical (unpaired) electrons. The number of carbonyl (C=O) groups is 2. The fourth-order valence-corrected chi connectivity index (χ4v) is 3.43. The van der Waals surface area contributed by atoms with Gasteiger partial charge in [-0.3, -0.25) is 4.79 Å². The van der Waals surface area contributed by atoms with Crippen molar-refractivity contribution in [2.24, 2.45) is 5.92 Å². The quantitative estimate of drug-likeness (QED) is 0.582. The van der Waals surface area contributed by atoms with Crippen LogP contribution in [-0.4, -0.2) is 46.2 Å². The average molecular weight is 402 g/mol. The van der Waals surface area contributed by atoms with E-state index in [9.17, 15) is 9.59 Å². The van der Waals surface area contributed by atoms with Gasteiger partial charge in [-0.25, -0.2) is 14.8 Å². The Labute approximate surface area is 166 Å². The number of hydrogen-bond donors (Lipinski definition) is 1. The second-order valence-corrected chi connectivity index (χ2v) is 7.67. The standard InChI is InChI=1S/C19H22N4O4S/c1-12(2)10-27-19(25)13(9-23-8-7-20-11-23)21-17(24)18-22-16-14(26-3)5-4-6-15(16)28-18/h4-8,11-13H,9-10H2,1-3H3,(H,21,24). The van der Waals surface area contributed by atoms with Crippen LogP contribution in [0, 0.1) is 5.92 Å². The van der Waals surface area contributed by atoms with E-state index in [1.165, 1.54) is 11.3 Å². The van der Waals surface area contributed by atoms with Gasteiger partial charge in [0.05, 0.1) is 31.3 Å². The van der Waals surface area contributed by atoms with Gasteiger partial charge in [-0.05, 0) is 18.1 Å². The summed E-state index contributed by atoms with van der Waals surface area (Å²) < 4.78 is 13.2. The van der Waals surface area contributed by atoms with Crippen LogP contribution in [0.15, 0.2) is 36.9 Å². The molecule has 1 N–H and O–H groups in total. The molecule has 1 amide bonds. The van der Waals surface area contributed by atoms with Crippen molar-refractivity contribution in [3.8, 4) is 5.75 Å². The van der Waals surface area contributed by atoms with Crippen molar-refractivity contribution in [3.63, 3.8) is 0 Å². The van der Waals surface area contributed by atoms with Gasteiger partial charge >= 0.3 is 5.97 Å². The Bertz CT molecular complexity index is 952. The van der Waals surface area contributed by atoms with E-state index in [-0.39, 0.29) is 24.1 Å². The third-order valence-corrected chi connectivity index (χ3v) is 4.92. The summed E-state index contributed by atoms with van der Waals surface area (Å²) >= 11 is 1.24. The van der Waals surface area contributed by atoms with Crippen LogP contribution in [0.1, 0.15) is 23.6 Å². The Balaban J connectivity index is 1.79. The van der Waals surface area contributed by atoms with Crippen LogP contribution in [0.3, 0.4) is 0 Å². The molecule has 0 spiro atoms. The number of thiazole rings is 1. The largest absolute Gasteiger partial charge is 0.494 e. The topological polar surface area (TPSA) is 95.3 Å². The van der Waals surface area contributed by atoms with Crippen molar-refractivity contribution in [1.82, 2.24) is 19.9 Å². The van der Waals surface area contributed by atoms with Crippen molar-refractivity contribution in [2.75, 3.05) is 13.7 Å². The van der Waals surface area contributed by atoms with Gasteiger partial charge in [0.15, 0.2) is 5.01 Å². The minimum Gasteiger partial charge on any atom is -0.494 e. The second kappa shape index (κ2) is 8.83. The summed E-state index contributed by atoms with van der Waals surface area (Å²) in [5, 5.41) is 2.99. The summed E-state index contributed by atoms with van der Waals surface area (Å²) in [7, 11) is 1.56. The van der Waals surface area contributed by atoms with Crippen LogP contribution in [0.4, 0.5) is 0 Å². The molecule has 8 nitrogen and oxygen atoms in total. The maximum absolute atomic E-state index is 12.8. The van der Waals surface area contributed by atoms with Crippen molar-refractivity contribution in [1.29, 1.82) is 0 Å². The second-order valence-electron chi connectivity index (χ2n) is 6.64. The molecule has 28 heavy (non-hydrogen) atoms. The Morgan fingerprint density at radius 1 is 1.32 bits per heavy atom. The number of benzene rings is 1. The third-order valence-electron chi connectivity index (χ3n) is 3.90. The summed E-state index contributed by atoms with van der Waals surface area (Å²) in [6, 6.07) is 4.64. The average Bonchev–Trinajstić information content (AvgIpc) is 3.34. The van der Waals surface area contributed by atoms with Crippen LogP contribution in [0.25, 0.3) is 10.2 Å². The molecule has 0 aliphatic rings. The van der Waals surface area contributed by atoms with E-state index in [2.05, 4.69) is 15.3 Å². The number of para-hydroxylation sites is 1. The summed E-state index contributed by atoms with van der Waals surface area (Å²) in [5.74, 6) is -0.131. The van der Waals surface area contributed by atoms with Gasteiger partial charge in [-0.2, -0.15) is 0 Å². The normalized spacial score (nSPS) is 12.1. The maximum atomic E-state index is 12.8. The van der Waals surface area contributed by atoms with Gasteiger partial charge < -0.3 is 19.4 Å². The number of methoxy groups -OCH3 is 1. The molecule has 1 aromatic carbocycles. The first-order valence-electron chi connectivity index (χ1n) is 8.84. The molecular formula is C19H22N4O4S. The number of nitrogens with one attached hydrogen (secondary N) is 1. The molecule has 148 valence electrons. The number of rotatable bonds is 8. The summed E-state index contributed by atoms with van der Waals surface area (Å²) in [6.07, 6.45) is 4.91. The number of esters is 1. The zero-order valence-electron chi connectivity index (χ0n) is 15.9. The van der Waals surface area contributed by atoms with E-state index in [4.69, 9.17) is 9.47 Å². The highest BCUT2D eigenvalue weighted by atomic mass is 32.1. The predicted octanol–water partition coefficient (Wildman–Crippen LogP) is 2.50. The molecule has 2 aromatic heterocycles. The van der Waals surface area contributed by atoms with Crippen LogP contribution < -0.4 is 10.1 Å². The monoisotopic (exact) mass is 402 g/mol. The van der Waals surface area contributed by atoms with E-state index in [0.717, 1.165) is 4.70 Å². The smallest absolute Gasteiger partial charge is 0.330 e. The van der Waals surface area contributed by atoms with Gasteiger partial charge in [-0.15, -0.1) is 11.3 Å². The Morgan fingerprint density at radius 2 is 2.14 bits per heavy atom. The maximum Gasteiger partial charge on any atom is 0.330 e. The lowest BCUT2D eigenvalue weighted by atomic mass is 10.2. The van der Waals surface area contributed by atoms with Crippen molar-refractivity contribution in [3.05, 3.63) is 41.9 Å². The SMILES string of the molecule is COc1cccc2sc(C(=O)NC(Cn3ccnc3)C(=O)OCC(C)C)nc12. The highest BCUT2D eigenvalue weighted by Crippen LogP contribution is 2.29. The molecule has 2 heterocycles. The number of amides is 1. The van der Waals surface area contributed by atoms with E-state index >= 15 is 0 Å². The number of fused-ring (bicyclic) bond motifs is 1. The Hall–Kier alpha value is -2.94. The first-order valence-corrected chi connectivity index (χ1v) is 9.66. The van der Waals surface area contributed by atoms with E-state index in [1.54, 1.807) is 36.5 Å². The molecule has 0 bridgehead atoms. The van der Waals surface area contributed by atoms with Gasteiger partial charge in [0.2, 0.25) is 0 Å². The molecule has 0 fully saturated rings. The first kappa shape index (κ1) is 19.8. The lowest BCUT2D eigenvalue weighted by molar-refractivity contribution is -0.147. The number of nitrogens with zero attached hydrogens (tertiary/aromatic N) is 3. The van der Waals surface area contributed by atoms with Crippen molar-refractivity contribution < 1.29 is 19.1 Å². The van der Waals surface area contributed by atoms with Gasteiger partial charge in [0.25, 0.3) is 5.91 Å². The summed E-state index contributed by atoms with van der Waals surface area (Å²) in [5.41, 5.74) is 0.619. The fraction of sp³-hybridized carbons (Fsp3) is 0.368. The summed E-state index contributed by atoms with van der Waals surface area (Å²) in [4.78, 5) is 33.6. The molecule has 0 aliphatic heterocycles. The van der Waals surface area contributed by atoms with Crippen LogP contribution in [-0.2, 0) is 16.1 Å². The molecule has 3 aromatic rings. The van der Waals surface area contributed by atoms with Crippen molar-refractivity contribution >= 4 is 33.4 Å². The van der Waals surface area contributed by atoms with Crippen LogP contribution in [0.5, 0.6) is 5.75 Å². The lowest BCUT2D eigenvalue weighted by Gasteiger charge is -2.18. The van der Waals surface area contributed by atoms with E-state index < -0.39 is 17.9 Å². The zero-order valence-corrected chi connectivity index (χ0v) is 16.7. The number of carbonyl (C=O) groups excluding carboxylic acids is 2. The Morgan fingerprint density at radius 3 is 2.82 bits per heavy atom. The van der Waals surface area contributed by atoms with Gasteiger partial charge in [-0.1, -0.05) is 19.9 Å². The number of hydrogen-bond acceptors (Lipinski definition) is 7. The van der Waals surface area contributed by atoms with Crippen LogP contribution >= 0.6 is 11.3 Å². The number of imidazole rings is 1. The zero-order chi connectivity index (χ0) is 20.1. The fourth-order valence-electron chi connectivity index (χ4n) is 2.54. The van der Waals surface area contributed by atoms with Crippen LogP contribution in [0.2, 0.25) is 0 Å². The minimum atomic E-state index is -0.852. The van der Waals surface area contributed by atoms with E-state index in [1.807, 2.05) is 26.0 Å². The molecule has 9 heteroatoms. The minimum absolute atomic E-state index is 0.199. The third kappa shape index (κ3) is 4.66. The molecule has 0 aliphatic carbocycles. The van der Waals surface area contributed by atoms with Gasteiger partial charge in [0, 0.05) is 12.4 Å². The van der Waals surface area contributed by atoms with E-state index in [0.29, 0.717) is 11.3 Å². The van der Waals surface area contributed by atoms with Gasteiger partial charge in [0.1, 0.15) is 17.3 Å². The molecule has 3 rings (SSSR count). The first-order chi connectivity index (χ1) is 13.5. The molecule has 0 saturated heterocycles. The molecular weight excluding hydrogens is 380 g/mol. The highest BCUT2D eigenvalue weighted by molar-refractivity contribution is 7.20. The Kier molecular flexibility index (Phi) is 6.25.